The molecule has 0 aliphatic heterocycles. The van der Waals surface area contributed by atoms with Crippen LogP contribution in [0, 0.1) is 25.7 Å². The molecule has 0 bridgehead atoms. The van der Waals surface area contributed by atoms with Crippen LogP contribution in [0.15, 0.2) is 23.6 Å². The number of amides is 1. The van der Waals surface area contributed by atoms with Crippen molar-refractivity contribution in [2.75, 3.05) is 5.32 Å². The third kappa shape index (κ3) is 2.61. The van der Waals surface area contributed by atoms with Crippen LogP contribution in [-0.2, 0) is 4.79 Å². The number of carbonyl (C=O) groups is 1. The van der Waals surface area contributed by atoms with Crippen LogP contribution in [0.2, 0.25) is 0 Å². The van der Waals surface area contributed by atoms with E-state index in [2.05, 4.69) is 49.3 Å². The Hall–Kier alpha value is -1.68. The number of nitrogens with one attached hydrogen (secondary N) is 1. The summed E-state index contributed by atoms with van der Waals surface area (Å²) < 4.78 is 0. The Morgan fingerprint density at radius 1 is 1.35 bits per heavy atom. The largest absolute Gasteiger partial charge is 0.302 e. The van der Waals surface area contributed by atoms with Crippen molar-refractivity contribution in [3.05, 3.63) is 34.7 Å². The molecule has 2 aromatic rings. The fourth-order valence-electron chi connectivity index (χ4n) is 2.25. The van der Waals surface area contributed by atoms with Gasteiger partial charge >= 0.3 is 0 Å². The summed E-state index contributed by atoms with van der Waals surface area (Å²) in [6.45, 7) is 6.30. The predicted octanol–water partition coefficient (Wildman–Crippen LogP) is 4.02. The Morgan fingerprint density at radius 2 is 2.10 bits per heavy atom. The lowest BCUT2D eigenvalue weighted by Crippen LogP contribution is -2.14. The van der Waals surface area contributed by atoms with E-state index in [1.807, 2.05) is 5.38 Å². The van der Waals surface area contributed by atoms with Gasteiger partial charge in [-0.15, -0.1) is 11.3 Å². The number of hydrogen-bond acceptors (Lipinski definition) is 3. The minimum atomic E-state index is 0.110. The second-order valence-corrected chi connectivity index (χ2v) is 6.50. The highest BCUT2D eigenvalue weighted by Crippen LogP contribution is 2.38. The number of anilines is 1. The van der Waals surface area contributed by atoms with Crippen molar-refractivity contribution in [1.29, 1.82) is 0 Å². The van der Waals surface area contributed by atoms with E-state index in [-0.39, 0.29) is 11.8 Å². The predicted molar refractivity (Wildman–Crippen MR) is 82.9 cm³/mol. The quantitative estimate of drug-likeness (QED) is 0.926. The van der Waals surface area contributed by atoms with Crippen LogP contribution < -0.4 is 5.32 Å². The van der Waals surface area contributed by atoms with E-state index >= 15 is 0 Å². The van der Waals surface area contributed by atoms with Crippen LogP contribution in [0.1, 0.15) is 24.5 Å². The maximum atomic E-state index is 11.9. The van der Waals surface area contributed by atoms with Crippen molar-refractivity contribution in [2.45, 2.75) is 27.2 Å². The topological polar surface area (TPSA) is 42.0 Å². The third-order valence-electron chi connectivity index (χ3n) is 3.98. The summed E-state index contributed by atoms with van der Waals surface area (Å²) in [4.78, 5) is 16.4. The fraction of sp³-hybridized carbons (Fsp3) is 0.375. The molecule has 1 N–H and O–H groups in total. The second-order valence-electron chi connectivity index (χ2n) is 5.65. The molecule has 1 aromatic carbocycles. The van der Waals surface area contributed by atoms with E-state index in [0.717, 1.165) is 17.7 Å². The molecule has 3 nitrogen and oxygen atoms in total. The Bertz CT molecular complexity index is 662. The molecule has 1 heterocycles. The van der Waals surface area contributed by atoms with E-state index in [9.17, 15) is 4.79 Å². The maximum absolute atomic E-state index is 11.9. The molecule has 0 saturated heterocycles. The minimum absolute atomic E-state index is 0.110. The summed E-state index contributed by atoms with van der Waals surface area (Å²) in [5, 5.41) is 5.61. The van der Waals surface area contributed by atoms with Gasteiger partial charge < -0.3 is 5.32 Å². The van der Waals surface area contributed by atoms with E-state index in [1.165, 1.54) is 22.5 Å². The Labute approximate surface area is 123 Å². The van der Waals surface area contributed by atoms with Crippen LogP contribution in [-0.4, -0.2) is 10.9 Å². The molecule has 1 amide bonds. The number of aromatic nitrogens is 1. The minimum Gasteiger partial charge on any atom is -0.302 e. The van der Waals surface area contributed by atoms with Crippen molar-refractivity contribution >= 4 is 22.4 Å². The van der Waals surface area contributed by atoms with Crippen LogP contribution in [0.5, 0.6) is 0 Å². The molecule has 0 radical (unpaired) electrons. The highest BCUT2D eigenvalue weighted by atomic mass is 32.1. The van der Waals surface area contributed by atoms with Gasteiger partial charge in [-0.2, -0.15) is 0 Å². The van der Waals surface area contributed by atoms with Gasteiger partial charge in [0.2, 0.25) is 5.91 Å². The molecule has 1 aliphatic carbocycles. The van der Waals surface area contributed by atoms with E-state index in [1.54, 1.807) is 0 Å². The Kier molecular flexibility index (Phi) is 3.34. The lowest BCUT2D eigenvalue weighted by molar-refractivity contribution is -0.117. The smallest absolute Gasteiger partial charge is 0.229 e. The SMILES string of the molecule is Cc1ccc(-c2csc(NC(=O)[C@@H]3C[C@H]3C)n2)cc1C. The zero-order chi connectivity index (χ0) is 14.3. The van der Waals surface area contributed by atoms with Crippen molar-refractivity contribution in [2.24, 2.45) is 11.8 Å². The summed E-state index contributed by atoms with van der Waals surface area (Å²) in [5.41, 5.74) is 4.56. The maximum Gasteiger partial charge on any atom is 0.229 e. The first-order chi connectivity index (χ1) is 9.54. The first-order valence-corrected chi connectivity index (χ1v) is 7.76. The molecule has 3 rings (SSSR count). The number of hydrogen-bond donors (Lipinski definition) is 1. The Balaban J connectivity index is 1.76. The van der Waals surface area contributed by atoms with Crippen molar-refractivity contribution < 1.29 is 4.79 Å². The van der Waals surface area contributed by atoms with E-state index in [4.69, 9.17) is 0 Å². The summed E-state index contributed by atoms with van der Waals surface area (Å²) in [6, 6.07) is 6.32. The molecule has 104 valence electrons. The van der Waals surface area contributed by atoms with Gasteiger partial charge in [0.15, 0.2) is 5.13 Å². The van der Waals surface area contributed by atoms with Gasteiger partial charge in [0.25, 0.3) is 0 Å². The van der Waals surface area contributed by atoms with Crippen LogP contribution in [0.25, 0.3) is 11.3 Å². The summed E-state index contributed by atoms with van der Waals surface area (Å²) in [7, 11) is 0. The molecule has 2 atom stereocenters. The molecule has 1 saturated carbocycles. The lowest BCUT2D eigenvalue weighted by Gasteiger charge is -2.02. The third-order valence-corrected chi connectivity index (χ3v) is 4.74. The van der Waals surface area contributed by atoms with Gasteiger partial charge in [0, 0.05) is 16.9 Å². The van der Waals surface area contributed by atoms with Gasteiger partial charge in [-0.05, 0) is 43.4 Å². The number of thiazole rings is 1. The Morgan fingerprint density at radius 3 is 2.75 bits per heavy atom. The van der Waals surface area contributed by atoms with E-state index in [0.29, 0.717) is 11.0 Å². The van der Waals surface area contributed by atoms with Crippen molar-refractivity contribution in [1.82, 2.24) is 4.98 Å². The first-order valence-electron chi connectivity index (χ1n) is 6.88. The molecule has 1 aliphatic rings. The van der Waals surface area contributed by atoms with Crippen molar-refractivity contribution in [3.8, 4) is 11.3 Å². The molecule has 1 aromatic heterocycles. The number of aryl methyl sites for hydroxylation is 2. The normalized spacial score (nSPS) is 20.8. The summed E-state index contributed by atoms with van der Waals surface area (Å²) >= 11 is 1.49. The summed E-state index contributed by atoms with van der Waals surface area (Å²) in [6.07, 6.45) is 1.00. The van der Waals surface area contributed by atoms with Crippen LogP contribution in [0.3, 0.4) is 0 Å². The fourth-order valence-corrected chi connectivity index (χ4v) is 2.97. The first kappa shape index (κ1) is 13.3. The monoisotopic (exact) mass is 286 g/mol. The summed E-state index contributed by atoms with van der Waals surface area (Å²) in [5.74, 6) is 0.816. The molecule has 4 heteroatoms. The average molecular weight is 286 g/mol. The average Bonchev–Trinajstić information content (AvgIpc) is 2.97. The zero-order valence-corrected chi connectivity index (χ0v) is 12.8. The molecule has 0 unspecified atom stereocenters. The van der Waals surface area contributed by atoms with Crippen LogP contribution in [0.4, 0.5) is 5.13 Å². The second kappa shape index (κ2) is 5.02. The van der Waals surface area contributed by atoms with Crippen molar-refractivity contribution in [3.63, 3.8) is 0 Å². The molecule has 0 spiro atoms. The van der Waals surface area contributed by atoms with Gasteiger partial charge in [-0.1, -0.05) is 19.1 Å². The molecule has 1 fully saturated rings. The van der Waals surface area contributed by atoms with Gasteiger partial charge in [-0.3, -0.25) is 4.79 Å². The van der Waals surface area contributed by atoms with Gasteiger partial charge in [0.05, 0.1) is 5.69 Å². The number of rotatable bonds is 3. The lowest BCUT2D eigenvalue weighted by atomic mass is 10.1. The molecular weight excluding hydrogens is 268 g/mol. The number of nitrogens with zero attached hydrogens (tertiary/aromatic N) is 1. The van der Waals surface area contributed by atoms with E-state index < -0.39 is 0 Å². The molecular formula is C16H18N2OS. The number of benzene rings is 1. The standard InChI is InChI=1S/C16H18N2OS/c1-9-4-5-12(6-10(9)2)14-8-20-16(17-14)18-15(19)13-7-11(13)3/h4-6,8,11,13H,7H2,1-3H3,(H,17,18,19)/t11-,13-/m1/s1. The molecule has 20 heavy (non-hydrogen) atoms. The van der Waals surface area contributed by atoms with Crippen LogP contribution >= 0.6 is 11.3 Å². The number of carbonyl (C=O) groups excluding carboxylic acids is 1. The van der Waals surface area contributed by atoms with Gasteiger partial charge in [-0.25, -0.2) is 4.98 Å². The highest BCUT2D eigenvalue weighted by molar-refractivity contribution is 7.14. The zero-order valence-electron chi connectivity index (χ0n) is 11.9. The van der Waals surface area contributed by atoms with Gasteiger partial charge in [0.1, 0.15) is 0 Å². The highest BCUT2D eigenvalue weighted by Gasteiger charge is 2.39.